The van der Waals surface area contributed by atoms with E-state index in [0.29, 0.717) is 32.0 Å². The quantitative estimate of drug-likeness (QED) is 0.376. The first-order valence-corrected chi connectivity index (χ1v) is 10.8. The number of rotatable bonds is 9. The van der Waals surface area contributed by atoms with E-state index in [2.05, 4.69) is 41.8 Å². The van der Waals surface area contributed by atoms with Crippen LogP contribution in [0.5, 0.6) is 0 Å². The Morgan fingerprint density at radius 2 is 1.97 bits per heavy atom. The fourth-order valence-electron chi connectivity index (χ4n) is 2.63. The van der Waals surface area contributed by atoms with Crippen LogP contribution in [0.4, 0.5) is 17.5 Å². The van der Waals surface area contributed by atoms with Crippen LogP contribution in [0.3, 0.4) is 0 Å². The smallest absolute Gasteiger partial charge is 0.229 e. The van der Waals surface area contributed by atoms with Crippen LogP contribution in [-0.4, -0.2) is 29.0 Å². The molecule has 1 amide bonds. The summed E-state index contributed by atoms with van der Waals surface area (Å²) in [4.78, 5) is 22.0. The number of nitrogens with one attached hydrogen (secondary N) is 3. The van der Waals surface area contributed by atoms with Crippen molar-refractivity contribution >= 4 is 50.6 Å². The Balaban J connectivity index is 1.52. The number of carbonyl (C=O) groups is 1. The Morgan fingerprint density at radius 1 is 1.17 bits per heavy atom. The largest absolute Gasteiger partial charge is 0.366 e. The van der Waals surface area contributed by atoms with Gasteiger partial charge < -0.3 is 21.7 Å². The number of hydrogen-bond acceptors (Lipinski definition) is 7. The van der Waals surface area contributed by atoms with Crippen LogP contribution >= 0.6 is 27.3 Å². The molecule has 0 radical (unpaired) electrons. The lowest BCUT2D eigenvalue weighted by Gasteiger charge is -2.10. The minimum atomic E-state index is -0.0285. The molecule has 1 aromatic carbocycles. The highest BCUT2D eigenvalue weighted by molar-refractivity contribution is 9.10. The lowest BCUT2D eigenvalue weighted by molar-refractivity contribution is -0.115. The molecular formula is C20H23BrN6OS. The summed E-state index contributed by atoms with van der Waals surface area (Å²) in [5.74, 6) is 1.28. The van der Waals surface area contributed by atoms with Gasteiger partial charge in [-0.2, -0.15) is 4.98 Å². The number of aryl methyl sites for hydroxylation is 1. The molecule has 0 aliphatic carbocycles. The highest BCUT2D eigenvalue weighted by Gasteiger charge is 2.07. The second-order valence-corrected chi connectivity index (χ2v) is 8.35. The molecule has 0 fully saturated rings. The summed E-state index contributed by atoms with van der Waals surface area (Å²) in [5, 5.41) is 11.3. The summed E-state index contributed by atoms with van der Waals surface area (Å²) < 4.78 is 1.00. The summed E-state index contributed by atoms with van der Waals surface area (Å²) in [6.45, 7) is 3.69. The van der Waals surface area contributed by atoms with Crippen LogP contribution in [0.2, 0.25) is 0 Å². The number of nitrogens with zero attached hydrogens (tertiary/aromatic N) is 2. The van der Waals surface area contributed by atoms with Gasteiger partial charge in [-0.05, 0) is 46.6 Å². The van der Waals surface area contributed by atoms with Crippen molar-refractivity contribution in [3.05, 3.63) is 62.4 Å². The summed E-state index contributed by atoms with van der Waals surface area (Å²) >= 11 is 4.97. The van der Waals surface area contributed by atoms with Gasteiger partial charge in [0.1, 0.15) is 5.82 Å². The lowest BCUT2D eigenvalue weighted by atomic mass is 10.2. The van der Waals surface area contributed by atoms with Crippen molar-refractivity contribution in [2.24, 2.45) is 5.73 Å². The van der Waals surface area contributed by atoms with Crippen LogP contribution in [0, 0.1) is 6.92 Å². The lowest BCUT2D eigenvalue weighted by Crippen LogP contribution is -2.15. The SMILES string of the molecule is Cc1cc(NCc2ccc(NC(=O)Cc3cc(Br)cs3)cc2)nc(NCCN)n1. The molecule has 7 nitrogen and oxygen atoms in total. The maximum Gasteiger partial charge on any atom is 0.229 e. The molecule has 3 rings (SSSR count). The average Bonchev–Trinajstić information content (AvgIpc) is 3.10. The molecule has 0 aliphatic heterocycles. The van der Waals surface area contributed by atoms with E-state index in [9.17, 15) is 4.79 Å². The predicted octanol–water partition coefficient (Wildman–Crippen LogP) is 3.77. The molecule has 3 aromatic rings. The Morgan fingerprint density at radius 3 is 2.66 bits per heavy atom. The standard InChI is InChI=1S/C20H23BrN6OS/c1-13-8-18(27-20(25-13)23-7-6-22)24-11-14-2-4-16(5-3-14)26-19(28)10-17-9-15(21)12-29-17/h2-5,8-9,12H,6-7,10-11,22H2,1H3,(H,26,28)(H2,23,24,25,27). The van der Waals surface area contributed by atoms with E-state index in [1.165, 1.54) is 0 Å². The second-order valence-electron chi connectivity index (χ2n) is 6.44. The average molecular weight is 475 g/mol. The van der Waals surface area contributed by atoms with Crippen LogP contribution in [0.15, 0.2) is 46.3 Å². The van der Waals surface area contributed by atoms with Crippen LogP contribution in [0.25, 0.3) is 0 Å². The van der Waals surface area contributed by atoms with E-state index in [1.807, 2.05) is 48.7 Å². The number of benzene rings is 1. The molecule has 0 unspecified atom stereocenters. The fraction of sp³-hybridized carbons (Fsp3) is 0.250. The molecule has 0 saturated heterocycles. The summed E-state index contributed by atoms with van der Waals surface area (Å²) in [5.41, 5.74) is 8.24. The molecule has 5 N–H and O–H groups in total. The van der Waals surface area contributed by atoms with Crippen molar-refractivity contribution < 1.29 is 4.79 Å². The van der Waals surface area contributed by atoms with Crippen LogP contribution in [-0.2, 0) is 17.8 Å². The first-order chi connectivity index (χ1) is 14.0. The summed E-state index contributed by atoms with van der Waals surface area (Å²) in [6, 6.07) is 11.6. The van der Waals surface area contributed by atoms with Crippen molar-refractivity contribution in [1.29, 1.82) is 0 Å². The van der Waals surface area contributed by atoms with Crippen molar-refractivity contribution in [2.45, 2.75) is 19.9 Å². The van der Waals surface area contributed by atoms with Crippen molar-refractivity contribution in [2.75, 3.05) is 29.0 Å². The van der Waals surface area contributed by atoms with Crippen LogP contribution < -0.4 is 21.7 Å². The second kappa shape index (κ2) is 10.3. The number of nitrogens with two attached hydrogens (primary N) is 1. The summed E-state index contributed by atoms with van der Waals surface area (Å²) in [6.07, 6.45) is 0.368. The third kappa shape index (κ3) is 6.81. The molecule has 2 heterocycles. The number of anilines is 3. The van der Waals surface area contributed by atoms with E-state index in [1.54, 1.807) is 11.3 Å². The first kappa shape index (κ1) is 21.2. The molecule has 0 atom stereocenters. The number of aromatic nitrogens is 2. The Bertz CT molecular complexity index is 960. The van der Waals surface area contributed by atoms with Gasteiger partial charge in [-0.25, -0.2) is 4.98 Å². The van der Waals surface area contributed by atoms with Crippen molar-refractivity contribution in [3.8, 4) is 0 Å². The fourth-order valence-corrected chi connectivity index (χ4v) is 4.08. The van der Waals surface area contributed by atoms with E-state index in [0.717, 1.165) is 32.1 Å². The number of halogens is 1. The summed E-state index contributed by atoms with van der Waals surface area (Å²) in [7, 11) is 0. The van der Waals surface area contributed by atoms with Gasteiger partial charge >= 0.3 is 0 Å². The number of carbonyl (C=O) groups excluding carboxylic acids is 1. The molecular weight excluding hydrogens is 452 g/mol. The van der Waals surface area contributed by atoms with E-state index >= 15 is 0 Å². The monoisotopic (exact) mass is 474 g/mol. The number of thiophene rings is 1. The first-order valence-electron chi connectivity index (χ1n) is 9.17. The normalized spacial score (nSPS) is 10.6. The molecule has 0 bridgehead atoms. The number of hydrogen-bond donors (Lipinski definition) is 4. The van der Waals surface area contributed by atoms with E-state index in [-0.39, 0.29) is 5.91 Å². The minimum Gasteiger partial charge on any atom is -0.366 e. The van der Waals surface area contributed by atoms with Gasteiger partial charge in [-0.3, -0.25) is 4.79 Å². The zero-order chi connectivity index (χ0) is 20.6. The third-order valence-electron chi connectivity index (χ3n) is 3.95. The van der Waals surface area contributed by atoms with Gasteiger partial charge in [0.25, 0.3) is 0 Å². The van der Waals surface area contributed by atoms with Gasteiger partial charge in [0.05, 0.1) is 6.42 Å². The molecule has 0 spiro atoms. The Labute approximate surface area is 182 Å². The van der Waals surface area contributed by atoms with Gasteiger partial charge in [0.2, 0.25) is 11.9 Å². The van der Waals surface area contributed by atoms with Gasteiger partial charge in [-0.1, -0.05) is 12.1 Å². The van der Waals surface area contributed by atoms with E-state index < -0.39 is 0 Å². The molecule has 152 valence electrons. The Kier molecular flexibility index (Phi) is 7.56. The topological polar surface area (TPSA) is 105 Å². The molecule has 0 saturated carbocycles. The Hall–Kier alpha value is -2.49. The zero-order valence-corrected chi connectivity index (χ0v) is 18.4. The van der Waals surface area contributed by atoms with Crippen LogP contribution in [0.1, 0.15) is 16.1 Å². The third-order valence-corrected chi connectivity index (χ3v) is 5.65. The maximum absolute atomic E-state index is 12.2. The van der Waals surface area contributed by atoms with Crippen molar-refractivity contribution in [3.63, 3.8) is 0 Å². The van der Waals surface area contributed by atoms with Crippen molar-refractivity contribution in [1.82, 2.24) is 9.97 Å². The highest BCUT2D eigenvalue weighted by Crippen LogP contribution is 2.20. The predicted molar refractivity (Wildman–Crippen MR) is 122 cm³/mol. The van der Waals surface area contributed by atoms with Gasteiger partial charge in [-0.15, -0.1) is 11.3 Å². The highest BCUT2D eigenvalue weighted by atomic mass is 79.9. The molecule has 29 heavy (non-hydrogen) atoms. The number of amides is 1. The molecule has 0 aliphatic rings. The van der Waals surface area contributed by atoms with E-state index in [4.69, 9.17) is 5.73 Å². The zero-order valence-electron chi connectivity index (χ0n) is 16.0. The molecule has 9 heteroatoms. The maximum atomic E-state index is 12.2. The minimum absolute atomic E-state index is 0.0285. The van der Waals surface area contributed by atoms with Gasteiger partial charge in [0, 0.05) is 51.8 Å². The molecule has 2 aromatic heterocycles. The van der Waals surface area contributed by atoms with Gasteiger partial charge in [0.15, 0.2) is 0 Å².